The number of carbonyl (C=O) groups excluding carboxylic acids is 1. The molecule has 1 N–H and O–H groups in total. The van der Waals surface area contributed by atoms with Crippen molar-refractivity contribution in [3.63, 3.8) is 0 Å². The van der Waals surface area contributed by atoms with Crippen LogP contribution in [0.4, 0.5) is 10.1 Å². The van der Waals surface area contributed by atoms with Crippen LogP contribution in [-0.2, 0) is 14.6 Å². The summed E-state index contributed by atoms with van der Waals surface area (Å²) in [5.74, 6) is -1.71. The van der Waals surface area contributed by atoms with E-state index in [1.165, 1.54) is 18.2 Å². The third kappa shape index (κ3) is 4.28. The summed E-state index contributed by atoms with van der Waals surface area (Å²) >= 11 is 3.05. The first-order valence-corrected chi connectivity index (χ1v) is 7.06. The van der Waals surface area contributed by atoms with E-state index < -0.39 is 27.3 Å². The molecule has 0 aromatic heterocycles. The highest BCUT2D eigenvalue weighted by atomic mass is 79.9. The fourth-order valence-corrected chi connectivity index (χ4v) is 2.01. The van der Waals surface area contributed by atoms with Crippen molar-refractivity contribution in [2.45, 2.75) is 0 Å². The van der Waals surface area contributed by atoms with Gasteiger partial charge in [0, 0.05) is 10.7 Å². The van der Waals surface area contributed by atoms with Gasteiger partial charge in [-0.05, 0) is 34.1 Å². The van der Waals surface area contributed by atoms with Crippen LogP contribution in [0.5, 0.6) is 0 Å². The smallest absolute Gasteiger partial charge is 0.239 e. The van der Waals surface area contributed by atoms with Crippen molar-refractivity contribution >= 4 is 37.4 Å². The molecule has 0 radical (unpaired) electrons. The van der Waals surface area contributed by atoms with Crippen molar-refractivity contribution in [1.82, 2.24) is 0 Å². The molecule has 0 unspecified atom stereocenters. The molecule has 0 saturated carbocycles. The second-order valence-electron chi connectivity index (χ2n) is 3.24. The third-order valence-corrected chi connectivity index (χ3v) is 3.04. The number of benzene rings is 1. The molecule has 0 aliphatic heterocycles. The minimum atomic E-state index is -3.37. The Hall–Kier alpha value is -0.950. The van der Waals surface area contributed by atoms with Crippen molar-refractivity contribution in [1.29, 1.82) is 0 Å². The maximum Gasteiger partial charge on any atom is 0.239 e. The van der Waals surface area contributed by atoms with Crippen molar-refractivity contribution in [2.24, 2.45) is 0 Å². The van der Waals surface area contributed by atoms with E-state index in [4.69, 9.17) is 0 Å². The molecule has 0 heterocycles. The highest BCUT2D eigenvalue weighted by molar-refractivity contribution is 9.10. The Bertz CT molecular complexity index is 515. The average Bonchev–Trinajstić information content (AvgIpc) is 2.06. The van der Waals surface area contributed by atoms with E-state index >= 15 is 0 Å². The predicted molar refractivity (Wildman–Crippen MR) is 62.4 cm³/mol. The summed E-state index contributed by atoms with van der Waals surface area (Å²) in [7, 11) is -3.37. The number of hydrogen-bond acceptors (Lipinski definition) is 3. The van der Waals surface area contributed by atoms with Crippen LogP contribution < -0.4 is 5.32 Å². The number of hydrogen-bond donors (Lipinski definition) is 1. The topological polar surface area (TPSA) is 63.2 Å². The highest BCUT2D eigenvalue weighted by Gasteiger charge is 2.12. The summed E-state index contributed by atoms with van der Waals surface area (Å²) in [6.45, 7) is 0. The average molecular weight is 310 g/mol. The van der Waals surface area contributed by atoms with Gasteiger partial charge >= 0.3 is 0 Å². The number of sulfone groups is 1. The molecular weight excluding hydrogens is 301 g/mol. The van der Waals surface area contributed by atoms with Crippen LogP contribution in [0.25, 0.3) is 0 Å². The summed E-state index contributed by atoms with van der Waals surface area (Å²) in [5.41, 5.74) is 0.329. The van der Waals surface area contributed by atoms with Gasteiger partial charge in [-0.1, -0.05) is 0 Å². The molecule has 16 heavy (non-hydrogen) atoms. The molecule has 88 valence electrons. The summed E-state index contributed by atoms with van der Waals surface area (Å²) < 4.78 is 34.8. The van der Waals surface area contributed by atoms with E-state index in [0.717, 1.165) is 6.26 Å². The number of amides is 1. The maximum absolute atomic E-state index is 12.7. The first-order valence-electron chi connectivity index (χ1n) is 4.20. The van der Waals surface area contributed by atoms with Crippen molar-refractivity contribution < 1.29 is 17.6 Å². The second kappa shape index (κ2) is 4.92. The van der Waals surface area contributed by atoms with Gasteiger partial charge in [-0.15, -0.1) is 0 Å². The second-order valence-corrected chi connectivity index (χ2v) is 6.24. The summed E-state index contributed by atoms with van der Waals surface area (Å²) in [5, 5.41) is 2.36. The van der Waals surface area contributed by atoms with Crippen LogP contribution in [0.3, 0.4) is 0 Å². The third-order valence-electron chi connectivity index (χ3n) is 1.60. The summed E-state index contributed by atoms with van der Waals surface area (Å²) in [6.07, 6.45) is 0.965. The van der Waals surface area contributed by atoms with Crippen molar-refractivity contribution in [3.05, 3.63) is 28.5 Å². The molecule has 0 atom stereocenters. The molecule has 1 aromatic rings. The van der Waals surface area contributed by atoms with Gasteiger partial charge in [0.05, 0.1) is 5.69 Å². The Morgan fingerprint density at radius 3 is 2.62 bits per heavy atom. The first-order chi connectivity index (χ1) is 7.28. The summed E-state index contributed by atoms with van der Waals surface area (Å²) in [6, 6.07) is 3.69. The van der Waals surface area contributed by atoms with Crippen molar-refractivity contribution in [2.75, 3.05) is 17.3 Å². The van der Waals surface area contributed by atoms with Crippen LogP contribution in [-0.4, -0.2) is 26.3 Å². The zero-order valence-electron chi connectivity index (χ0n) is 8.33. The molecular formula is C9H9BrFNO3S. The molecule has 0 spiro atoms. The molecule has 1 rings (SSSR count). The van der Waals surface area contributed by atoms with Crippen LogP contribution in [0, 0.1) is 5.82 Å². The number of halogens is 2. The van der Waals surface area contributed by atoms with Crippen LogP contribution in [0.1, 0.15) is 0 Å². The standard InChI is InChI=1S/C9H9BrFNO3S/c1-16(14,15)5-9(13)12-8-3-2-6(11)4-7(8)10/h2-4H,5H2,1H3,(H,12,13). The van der Waals surface area contributed by atoms with Crippen LogP contribution >= 0.6 is 15.9 Å². The normalized spacial score (nSPS) is 11.2. The van der Waals surface area contributed by atoms with Crippen LogP contribution in [0.2, 0.25) is 0 Å². The molecule has 4 nitrogen and oxygen atoms in total. The van der Waals surface area contributed by atoms with Gasteiger partial charge < -0.3 is 5.32 Å². The zero-order chi connectivity index (χ0) is 12.3. The Morgan fingerprint density at radius 1 is 1.50 bits per heavy atom. The van der Waals surface area contributed by atoms with E-state index in [1.54, 1.807) is 0 Å². The molecule has 1 aromatic carbocycles. The lowest BCUT2D eigenvalue weighted by Crippen LogP contribution is -2.22. The summed E-state index contributed by atoms with van der Waals surface area (Å²) in [4.78, 5) is 11.3. The molecule has 0 saturated heterocycles. The predicted octanol–water partition coefficient (Wildman–Crippen LogP) is 1.57. The lowest BCUT2D eigenvalue weighted by Gasteiger charge is -2.06. The van der Waals surface area contributed by atoms with Gasteiger partial charge in [0.1, 0.15) is 11.6 Å². The number of carbonyl (C=O) groups is 1. The Kier molecular flexibility index (Phi) is 4.03. The van der Waals surface area contributed by atoms with Gasteiger partial charge in [-0.25, -0.2) is 12.8 Å². The number of anilines is 1. The molecule has 0 aliphatic rings. The maximum atomic E-state index is 12.7. The van der Waals surface area contributed by atoms with Gasteiger partial charge in [-0.2, -0.15) is 0 Å². The lowest BCUT2D eigenvalue weighted by molar-refractivity contribution is -0.113. The zero-order valence-corrected chi connectivity index (χ0v) is 10.7. The van der Waals surface area contributed by atoms with Gasteiger partial charge in [-0.3, -0.25) is 4.79 Å². The fraction of sp³-hybridized carbons (Fsp3) is 0.222. The van der Waals surface area contributed by atoms with E-state index in [0.29, 0.717) is 10.2 Å². The molecule has 1 amide bonds. The lowest BCUT2D eigenvalue weighted by atomic mass is 10.3. The Morgan fingerprint density at radius 2 is 2.12 bits per heavy atom. The fourth-order valence-electron chi connectivity index (χ4n) is 1.02. The quantitative estimate of drug-likeness (QED) is 0.922. The van der Waals surface area contributed by atoms with E-state index in [2.05, 4.69) is 21.2 Å². The monoisotopic (exact) mass is 309 g/mol. The minimum absolute atomic E-state index is 0.329. The first kappa shape index (κ1) is 13.1. The molecule has 7 heteroatoms. The molecule has 0 bridgehead atoms. The van der Waals surface area contributed by atoms with Crippen molar-refractivity contribution in [3.8, 4) is 0 Å². The molecule has 0 aliphatic carbocycles. The van der Waals surface area contributed by atoms with Gasteiger partial charge in [0.15, 0.2) is 9.84 Å². The number of rotatable bonds is 3. The SMILES string of the molecule is CS(=O)(=O)CC(=O)Nc1ccc(F)cc1Br. The Balaban J connectivity index is 2.78. The van der Waals surface area contributed by atoms with Gasteiger partial charge in [0.2, 0.25) is 5.91 Å². The highest BCUT2D eigenvalue weighted by Crippen LogP contribution is 2.22. The van der Waals surface area contributed by atoms with Crippen LogP contribution in [0.15, 0.2) is 22.7 Å². The Labute approximate surface area is 101 Å². The largest absolute Gasteiger partial charge is 0.324 e. The van der Waals surface area contributed by atoms with E-state index in [1.807, 2.05) is 0 Å². The van der Waals surface area contributed by atoms with E-state index in [9.17, 15) is 17.6 Å². The minimum Gasteiger partial charge on any atom is -0.324 e. The van der Waals surface area contributed by atoms with E-state index in [-0.39, 0.29) is 0 Å². The number of nitrogens with one attached hydrogen (secondary N) is 1. The molecule has 0 fully saturated rings. The van der Waals surface area contributed by atoms with Gasteiger partial charge in [0.25, 0.3) is 0 Å².